The zero-order valence-corrected chi connectivity index (χ0v) is 21.4. The fraction of sp³-hybridized carbons (Fsp3) is 0.310. The van der Waals surface area contributed by atoms with Crippen LogP contribution in [0.15, 0.2) is 71.2 Å². The number of rotatable bonds is 5. The molecule has 6 heteroatoms. The van der Waals surface area contributed by atoms with E-state index >= 15 is 0 Å². The van der Waals surface area contributed by atoms with Crippen molar-refractivity contribution in [2.45, 2.75) is 50.6 Å². The number of nitrogens with zero attached hydrogens (tertiary/aromatic N) is 1. The number of carbonyl (C=O) groups excluding carboxylic acids is 1. The van der Waals surface area contributed by atoms with Gasteiger partial charge in [-0.15, -0.1) is 0 Å². The van der Waals surface area contributed by atoms with Crippen LogP contribution in [0.3, 0.4) is 0 Å². The summed E-state index contributed by atoms with van der Waals surface area (Å²) < 4.78 is 6.88. The van der Waals surface area contributed by atoms with Crippen LogP contribution in [-0.2, 0) is 22.4 Å². The molecule has 0 saturated heterocycles. The molecular formula is C29H28BrNO4. The molecule has 1 atom stereocenters. The van der Waals surface area contributed by atoms with Gasteiger partial charge in [-0.2, -0.15) is 0 Å². The number of carboxylic acids is 1. The fourth-order valence-electron chi connectivity index (χ4n) is 5.78. The summed E-state index contributed by atoms with van der Waals surface area (Å²) in [7, 11) is 0. The molecule has 0 spiro atoms. The van der Waals surface area contributed by atoms with Crippen LogP contribution in [0, 0.1) is 0 Å². The number of fused-ring (bicyclic) bond motifs is 4. The molecule has 180 valence electrons. The standard InChI is InChI=1S/C29H28BrNO4/c1-18(2)31(29(27(32)33)14-13-19-15-21(30)12-11-20(19)16-29)28(34)35-17-26-24-9-5-3-7-22(24)23-8-4-6-10-25(23)26/h3-12,15,18,26H,13-14,16-17H2,1-2H3,(H,32,33). The first-order valence-corrected chi connectivity index (χ1v) is 12.8. The molecule has 0 bridgehead atoms. The Labute approximate surface area is 213 Å². The maximum Gasteiger partial charge on any atom is 0.411 e. The fourth-order valence-corrected chi connectivity index (χ4v) is 6.19. The van der Waals surface area contributed by atoms with Crippen molar-refractivity contribution < 1.29 is 19.4 Å². The Balaban J connectivity index is 1.42. The quantitative estimate of drug-likeness (QED) is 0.410. The molecule has 3 aromatic carbocycles. The lowest BCUT2D eigenvalue weighted by Crippen LogP contribution is -2.62. The molecule has 5 nitrogen and oxygen atoms in total. The zero-order valence-electron chi connectivity index (χ0n) is 19.8. The lowest BCUT2D eigenvalue weighted by Gasteiger charge is -2.45. The lowest BCUT2D eigenvalue weighted by atomic mass is 9.76. The number of halogens is 1. The molecule has 0 aliphatic heterocycles. The highest BCUT2D eigenvalue weighted by molar-refractivity contribution is 9.10. The summed E-state index contributed by atoms with van der Waals surface area (Å²) in [5.74, 6) is -1.07. The van der Waals surface area contributed by atoms with Gasteiger partial charge >= 0.3 is 12.1 Å². The number of carboxylic acid groups (broad SMARTS) is 1. The molecule has 0 heterocycles. The van der Waals surface area contributed by atoms with Gasteiger partial charge in [0.25, 0.3) is 0 Å². The molecule has 1 amide bonds. The smallest absolute Gasteiger partial charge is 0.411 e. The summed E-state index contributed by atoms with van der Waals surface area (Å²) in [6, 6.07) is 21.9. The van der Waals surface area contributed by atoms with Gasteiger partial charge in [0.15, 0.2) is 0 Å². The highest BCUT2D eigenvalue weighted by Crippen LogP contribution is 2.45. The average Bonchev–Trinajstić information content (AvgIpc) is 3.16. The van der Waals surface area contributed by atoms with Crippen LogP contribution in [0.5, 0.6) is 0 Å². The summed E-state index contributed by atoms with van der Waals surface area (Å²) in [5, 5.41) is 10.4. The van der Waals surface area contributed by atoms with Crippen molar-refractivity contribution in [2.75, 3.05) is 6.61 Å². The van der Waals surface area contributed by atoms with Crippen molar-refractivity contribution in [3.63, 3.8) is 0 Å². The molecule has 1 unspecified atom stereocenters. The molecule has 0 saturated carbocycles. The van der Waals surface area contributed by atoms with Gasteiger partial charge in [0.1, 0.15) is 12.1 Å². The van der Waals surface area contributed by atoms with Gasteiger partial charge in [-0.25, -0.2) is 9.59 Å². The molecule has 0 fully saturated rings. The van der Waals surface area contributed by atoms with Gasteiger partial charge in [0.05, 0.1) is 0 Å². The Morgan fingerprint density at radius 1 is 1.03 bits per heavy atom. The largest absolute Gasteiger partial charge is 0.479 e. The highest BCUT2D eigenvalue weighted by Gasteiger charge is 2.50. The van der Waals surface area contributed by atoms with Gasteiger partial charge in [0.2, 0.25) is 0 Å². The van der Waals surface area contributed by atoms with E-state index in [-0.39, 0.29) is 25.0 Å². The summed E-state index contributed by atoms with van der Waals surface area (Å²) in [6.07, 6.45) is 0.604. The van der Waals surface area contributed by atoms with E-state index in [0.29, 0.717) is 12.8 Å². The van der Waals surface area contributed by atoms with Crippen LogP contribution in [0.25, 0.3) is 11.1 Å². The minimum atomic E-state index is -1.35. The number of aryl methyl sites for hydroxylation is 1. The lowest BCUT2D eigenvalue weighted by molar-refractivity contribution is -0.153. The second-order valence-electron chi connectivity index (χ2n) is 9.69. The molecule has 5 rings (SSSR count). The summed E-state index contributed by atoms with van der Waals surface area (Å²) >= 11 is 3.50. The monoisotopic (exact) mass is 533 g/mol. The van der Waals surface area contributed by atoms with Crippen molar-refractivity contribution in [3.05, 3.63) is 93.5 Å². The third-order valence-electron chi connectivity index (χ3n) is 7.37. The van der Waals surface area contributed by atoms with E-state index in [9.17, 15) is 14.7 Å². The minimum Gasteiger partial charge on any atom is -0.479 e. The highest BCUT2D eigenvalue weighted by atomic mass is 79.9. The number of carbonyl (C=O) groups is 2. The van der Waals surface area contributed by atoms with E-state index in [1.165, 1.54) is 4.90 Å². The molecular weight excluding hydrogens is 506 g/mol. The van der Waals surface area contributed by atoms with Crippen LogP contribution < -0.4 is 0 Å². The van der Waals surface area contributed by atoms with Crippen LogP contribution in [-0.4, -0.2) is 40.3 Å². The summed E-state index contributed by atoms with van der Waals surface area (Å²) in [6.45, 7) is 3.86. The van der Waals surface area contributed by atoms with Crippen molar-refractivity contribution in [3.8, 4) is 11.1 Å². The Morgan fingerprint density at radius 3 is 2.26 bits per heavy atom. The first kappa shape index (κ1) is 23.6. The first-order valence-electron chi connectivity index (χ1n) is 12.0. The van der Waals surface area contributed by atoms with Crippen molar-refractivity contribution in [1.29, 1.82) is 0 Å². The van der Waals surface area contributed by atoms with Gasteiger partial charge in [-0.05, 0) is 72.2 Å². The molecule has 3 aromatic rings. The van der Waals surface area contributed by atoms with E-state index in [1.807, 2.05) is 56.3 Å². The first-order chi connectivity index (χ1) is 16.8. The molecule has 0 aromatic heterocycles. The Hall–Kier alpha value is -3.12. The van der Waals surface area contributed by atoms with Crippen LogP contribution >= 0.6 is 15.9 Å². The number of aliphatic carboxylic acids is 1. The predicted octanol–water partition coefficient (Wildman–Crippen LogP) is 6.42. The molecule has 0 radical (unpaired) electrons. The Kier molecular flexibility index (Phi) is 6.18. The van der Waals surface area contributed by atoms with Crippen molar-refractivity contribution >= 4 is 28.0 Å². The van der Waals surface area contributed by atoms with Crippen LogP contribution in [0.1, 0.15) is 48.4 Å². The van der Waals surface area contributed by atoms with E-state index in [0.717, 1.165) is 37.9 Å². The molecule has 1 N–H and O–H groups in total. The molecule has 2 aliphatic rings. The molecule has 35 heavy (non-hydrogen) atoms. The van der Waals surface area contributed by atoms with E-state index in [4.69, 9.17) is 4.74 Å². The summed E-state index contributed by atoms with van der Waals surface area (Å²) in [5.41, 5.74) is 5.29. The maximum atomic E-state index is 13.6. The minimum absolute atomic E-state index is 0.0782. The van der Waals surface area contributed by atoms with Crippen molar-refractivity contribution in [2.24, 2.45) is 0 Å². The second-order valence-corrected chi connectivity index (χ2v) is 10.6. The topological polar surface area (TPSA) is 66.8 Å². The number of ether oxygens (including phenoxy) is 1. The van der Waals surface area contributed by atoms with Crippen molar-refractivity contribution in [1.82, 2.24) is 4.90 Å². The van der Waals surface area contributed by atoms with E-state index in [2.05, 4.69) is 40.2 Å². The summed E-state index contributed by atoms with van der Waals surface area (Å²) in [4.78, 5) is 27.8. The van der Waals surface area contributed by atoms with Gasteiger partial charge in [0, 0.05) is 22.9 Å². The van der Waals surface area contributed by atoms with Crippen LogP contribution in [0.4, 0.5) is 4.79 Å². The SMILES string of the molecule is CC(C)N(C(=O)OCC1c2ccccc2-c2ccccc21)C1(C(=O)O)CCc2cc(Br)ccc2C1. The van der Waals surface area contributed by atoms with E-state index in [1.54, 1.807) is 0 Å². The maximum absolute atomic E-state index is 13.6. The third-order valence-corrected chi connectivity index (χ3v) is 7.86. The normalized spacial score (nSPS) is 18.5. The van der Waals surface area contributed by atoms with Gasteiger partial charge in [-0.3, -0.25) is 4.90 Å². The van der Waals surface area contributed by atoms with Gasteiger partial charge in [-0.1, -0.05) is 70.5 Å². The second kappa shape index (κ2) is 9.15. The predicted molar refractivity (Wildman–Crippen MR) is 139 cm³/mol. The van der Waals surface area contributed by atoms with Crippen LogP contribution in [0.2, 0.25) is 0 Å². The van der Waals surface area contributed by atoms with Gasteiger partial charge < -0.3 is 9.84 Å². The number of benzene rings is 3. The Morgan fingerprint density at radius 2 is 1.66 bits per heavy atom. The number of amides is 1. The Bertz CT molecular complexity index is 1260. The third kappa shape index (κ3) is 4.04. The number of hydrogen-bond donors (Lipinski definition) is 1. The average molecular weight is 534 g/mol. The number of hydrogen-bond acceptors (Lipinski definition) is 3. The molecule has 2 aliphatic carbocycles. The van der Waals surface area contributed by atoms with E-state index < -0.39 is 17.6 Å². The zero-order chi connectivity index (χ0) is 24.7.